The van der Waals surface area contributed by atoms with Crippen molar-refractivity contribution in [2.45, 2.75) is 18.3 Å². The molecule has 4 heteroatoms. The van der Waals surface area contributed by atoms with Gasteiger partial charge >= 0.3 is 0 Å². The summed E-state index contributed by atoms with van der Waals surface area (Å²) in [5.41, 5.74) is 9.21. The van der Waals surface area contributed by atoms with Crippen molar-refractivity contribution < 1.29 is 5.11 Å². The van der Waals surface area contributed by atoms with Gasteiger partial charge in [0.2, 0.25) is 0 Å². The molecule has 0 atom stereocenters. The maximum Gasteiger partial charge on any atom is 0.129 e. The zero-order valence-corrected chi connectivity index (χ0v) is 10.4. The third-order valence-corrected chi connectivity index (χ3v) is 3.93. The summed E-state index contributed by atoms with van der Waals surface area (Å²) in [6, 6.07) is 8.26. The fraction of sp³-hybridized carbons (Fsp3) is 0.357. The highest BCUT2D eigenvalue weighted by Gasteiger charge is 2.43. The van der Waals surface area contributed by atoms with Gasteiger partial charge in [-0.2, -0.15) is 5.10 Å². The number of aliphatic hydroxyl groups is 1. The van der Waals surface area contributed by atoms with Gasteiger partial charge in [-0.05, 0) is 24.0 Å². The van der Waals surface area contributed by atoms with E-state index < -0.39 is 0 Å². The van der Waals surface area contributed by atoms with E-state index in [1.54, 1.807) is 10.9 Å². The van der Waals surface area contributed by atoms with Crippen LogP contribution in [0, 0.1) is 0 Å². The number of aryl methyl sites for hydroxylation is 1. The normalized spacial score (nSPS) is 16.8. The van der Waals surface area contributed by atoms with Crippen molar-refractivity contribution in [1.82, 2.24) is 9.78 Å². The van der Waals surface area contributed by atoms with Crippen LogP contribution in [-0.4, -0.2) is 21.5 Å². The summed E-state index contributed by atoms with van der Waals surface area (Å²) >= 11 is 0. The van der Waals surface area contributed by atoms with Crippen molar-refractivity contribution in [2.75, 3.05) is 12.3 Å². The van der Waals surface area contributed by atoms with Crippen LogP contribution >= 0.6 is 0 Å². The summed E-state index contributed by atoms with van der Waals surface area (Å²) in [4.78, 5) is 0. The number of rotatable bonds is 3. The van der Waals surface area contributed by atoms with Crippen LogP contribution < -0.4 is 5.73 Å². The lowest BCUT2D eigenvalue weighted by molar-refractivity contribution is 0.255. The molecule has 2 aromatic rings. The Bertz CT molecular complexity index is 584. The number of anilines is 1. The molecule has 1 heterocycles. The van der Waals surface area contributed by atoms with Gasteiger partial charge < -0.3 is 10.8 Å². The van der Waals surface area contributed by atoms with E-state index in [1.807, 2.05) is 19.2 Å². The van der Waals surface area contributed by atoms with E-state index in [-0.39, 0.29) is 12.0 Å². The second-order valence-corrected chi connectivity index (χ2v) is 5.09. The van der Waals surface area contributed by atoms with Gasteiger partial charge in [-0.3, -0.25) is 4.68 Å². The topological polar surface area (TPSA) is 64.1 Å². The first-order chi connectivity index (χ1) is 8.66. The summed E-state index contributed by atoms with van der Waals surface area (Å²) in [5, 5.41) is 13.7. The average molecular weight is 243 g/mol. The molecule has 1 aromatic heterocycles. The minimum Gasteiger partial charge on any atom is -0.395 e. The van der Waals surface area contributed by atoms with E-state index in [1.165, 1.54) is 5.56 Å². The van der Waals surface area contributed by atoms with Crippen molar-refractivity contribution in [3.63, 3.8) is 0 Å². The van der Waals surface area contributed by atoms with Gasteiger partial charge in [0.15, 0.2) is 0 Å². The van der Waals surface area contributed by atoms with E-state index in [4.69, 9.17) is 5.73 Å². The van der Waals surface area contributed by atoms with E-state index in [2.05, 4.69) is 17.2 Å². The van der Waals surface area contributed by atoms with Crippen LogP contribution in [0.1, 0.15) is 18.4 Å². The van der Waals surface area contributed by atoms with E-state index in [0.29, 0.717) is 5.82 Å². The second kappa shape index (κ2) is 3.85. The molecule has 1 aliphatic rings. The Labute approximate surface area is 106 Å². The first kappa shape index (κ1) is 11.3. The quantitative estimate of drug-likeness (QED) is 0.862. The molecule has 94 valence electrons. The second-order valence-electron chi connectivity index (χ2n) is 5.09. The maximum atomic E-state index is 9.49. The Morgan fingerprint density at radius 2 is 2.22 bits per heavy atom. The first-order valence-corrected chi connectivity index (χ1v) is 6.15. The lowest BCUT2D eigenvalue weighted by Crippen LogP contribution is -2.11. The molecule has 1 saturated carbocycles. The van der Waals surface area contributed by atoms with Gasteiger partial charge in [-0.15, -0.1) is 0 Å². The smallest absolute Gasteiger partial charge is 0.129 e. The molecule has 0 unspecified atom stereocenters. The van der Waals surface area contributed by atoms with Gasteiger partial charge in [-0.1, -0.05) is 24.3 Å². The molecular formula is C14H17N3O. The fourth-order valence-electron chi connectivity index (χ4n) is 2.37. The first-order valence-electron chi connectivity index (χ1n) is 6.15. The Hall–Kier alpha value is -1.81. The SMILES string of the molecule is Cn1ncc(-c2cccc(C3(CO)CC3)c2)c1N. The van der Waals surface area contributed by atoms with Gasteiger partial charge in [0.25, 0.3) is 0 Å². The monoisotopic (exact) mass is 243 g/mol. The molecule has 0 aliphatic heterocycles. The van der Waals surface area contributed by atoms with Crippen LogP contribution in [0.15, 0.2) is 30.5 Å². The molecule has 1 aromatic carbocycles. The molecule has 1 aliphatic carbocycles. The van der Waals surface area contributed by atoms with Gasteiger partial charge in [0.1, 0.15) is 5.82 Å². The predicted molar refractivity (Wildman–Crippen MR) is 71.1 cm³/mol. The third kappa shape index (κ3) is 1.61. The number of aliphatic hydroxyl groups excluding tert-OH is 1. The molecule has 3 N–H and O–H groups in total. The van der Waals surface area contributed by atoms with Crippen molar-refractivity contribution in [3.8, 4) is 11.1 Å². The van der Waals surface area contributed by atoms with E-state index >= 15 is 0 Å². The van der Waals surface area contributed by atoms with Crippen molar-refractivity contribution in [2.24, 2.45) is 7.05 Å². The van der Waals surface area contributed by atoms with Gasteiger partial charge in [0, 0.05) is 18.0 Å². The van der Waals surface area contributed by atoms with Crippen LogP contribution in [0.2, 0.25) is 0 Å². The van der Waals surface area contributed by atoms with Crippen LogP contribution in [0.3, 0.4) is 0 Å². The van der Waals surface area contributed by atoms with Crippen LogP contribution in [0.4, 0.5) is 5.82 Å². The van der Waals surface area contributed by atoms with E-state index in [0.717, 1.165) is 24.0 Å². The van der Waals surface area contributed by atoms with Crippen molar-refractivity contribution in [3.05, 3.63) is 36.0 Å². The molecular weight excluding hydrogens is 226 g/mol. The minimum atomic E-state index is -0.00696. The molecule has 0 spiro atoms. The molecule has 3 rings (SSSR count). The summed E-state index contributed by atoms with van der Waals surface area (Å²) in [7, 11) is 1.83. The van der Waals surface area contributed by atoms with Gasteiger partial charge in [0.05, 0.1) is 12.8 Å². The Kier molecular flexibility index (Phi) is 2.41. The molecule has 1 fully saturated rings. The molecule has 0 saturated heterocycles. The number of hydrogen-bond acceptors (Lipinski definition) is 3. The van der Waals surface area contributed by atoms with E-state index in [9.17, 15) is 5.11 Å². The molecule has 18 heavy (non-hydrogen) atoms. The van der Waals surface area contributed by atoms with Crippen molar-refractivity contribution in [1.29, 1.82) is 0 Å². The lowest BCUT2D eigenvalue weighted by atomic mass is 9.94. The summed E-state index contributed by atoms with van der Waals surface area (Å²) < 4.78 is 1.67. The summed E-state index contributed by atoms with van der Waals surface area (Å²) in [6.45, 7) is 0.221. The Balaban J connectivity index is 2.04. The molecule has 4 nitrogen and oxygen atoms in total. The average Bonchev–Trinajstić information content (AvgIpc) is 3.13. The molecule has 0 radical (unpaired) electrons. The number of benzene rings is 1. The number of aromatic nitrogens is 2. The lowest BCUT2D eigenvalue weighted by Gasteiger charge is -2.13. The number of nitrogens with two attached hydrogens (primary N) is 1. The third-order valence-electron chi connectivity index (χ3n) is 3.93. The largest absolute Gasteiger partial charge is 0.395 e. The fourth-order valence-corrected chi connectivity index (χ4v) is 2.37. The van der Waals surface area contributed by atoms with Gasteiger partial charge in [-0.25, -0.2) is 0 Å². The summed E-state index contributed by atoms with van der Waals surface area (Å²) in [6.07, 6.45) is 3.91. The van der Waals surface area contributed by atoms with Crippen LogP contribution in [-0.2, 0) is 12.5 Å². The predicted octanol–water partition coefficient (Wildman–Crippen LogP) is 1.69. The van der Waals surface area contributed by atoms with Crippen LogP contribution in [0.25, 0.3) is 11.1 Å². The standard InChI is InChI=1S/C14H17N3O/c1-17-13(15)12(8-16-17)10-3-2-4-11(7-10)14(9-18)5-6-14/h2-4,7-8,18H,5-6,9,15H2,1H3. The highest BCUT2D eigenvalue weighted by molar-refractivity contribution is 5.74. The number of hydrogen-bond donors (Lipinski definition) is 2. The summed E-state index contributed by atoms with van der Waals surface area (Å²) in [5.74, 6) is 0.668. The minimum absolute atomic E-state index is 0.00696. The zero-order chi connectivity index (χ0) is 12.8. The zero-order valence-electron chi connectivity index (χ0n) is 10.4. The maximum absolute atomic E-state index is 9.49. The molecule has 0 amide bonds. The number of nitrogen functional groups attached to an aromatic ring is 1. The Morgan fingerprint density at radius 1 is 1.44 bits per heavy atom. The Morgan fingerprint density at radius 3 is 2.78 bits per heavy atom. The highest BCUT2D eigenvalue weighted by Crippen LogP contribution is 2.48. The molecule has 0 bridgehead atoms. The van der Waals surface area contributed by atoms with Crippen molar-refractivity contribution >= 4 is 5.82 Å². The highest BCUT2D eigenvalue weighted by atomic mass is 16.3. The van der Waals surface area contributed by atoms with Crippen LogP contribution in [0.5, 0.6) is 0 Å². The number of nitrogens with zero attached hydrogens (tertiary/aromatic N) is 2.